The van der Waals surface area contributed by atoms with E-state index >= 15 is 0 Å². The van der Waals surface area contributed by atoms with Crippen LogP contribution in [0.2, 0.25) is 0 Å². The Morgan fingerprint density at radius 1 is 1.42 bits per heavy atom. The molecule has 0 aliphatic heterocycles. The average molecular weight is 267 g/mol. The second kappa shape index (κ2) is 5.88. The smallest absolute Gasteiger partial charge is 0.130 e. The number of hydrogen-bond donors (Lipinski definition) is 1. The topological polar surface area (TPSA) is 30.5 Å². The van der Waals surface area contributed by atoms with Crippen LogP contribution in [0.4, 0.5) is 4.39 Å². The number of halogens is 1. The molecule has 0 bridgehead atoms. The third kappa shape index (κ3) is 2.90. The molecule has 0 saturated heterocycles. The largest absolute Gasteiger partial charge is 0.496 e. The summed E-state index contributed by atoms with van der Waals surface area (Å²) in [5, 5.41) is 3.34. The molecule has 0 heterocycles. The lowest BCUT2D eigenvalue weighted by Gasteiger charge is -2.17. The molecule has 0 radical (unpaired) electrons. The monoisotopic (exact) mass is 267 g/mol. The lowest BCUT2D eigenvalue weighted by atomic mass is 9.93. The third-order valence-corrected chi connectivity index (χ3v) is 4.05. The normalized spacial score (nSPS) is 25.4. The third-order valence-electron chi connectivity index (χ3n) is 4.05. The number of nitrogens with one attached hydrogen (secondary N) is 1. The van der Waals surface area contributed by atoms with Gasteiger partial charge in [0, 0.05) is 24.6 Å². The lowest BCUT2D eigenvalue weighted by Crippen LogP contribution is -2.24. The number of rotatable bonds is 7. The molecule has 0 aromatic heterocycles. The summed E-state index contributed by atoms with van der Waals surface area (Å²) in [7, 11) is 3.28. The van der Waals surface area contributed by atoms with Crippen molar-refractivity contribution in [3.05, 3.63) is 29.6 Å². The molecule has 1 aliphatic rings. The van der Waals surface area contributed by atoms with Gasteiger partial charge in [0.1, 0.15) is 11.6 Å². The summed E-state index contributed by atoms with van der Waals surface area (Å²) >= 11 is 0. The van der Waals surface area contributed by atoms with Crippen LogP contribution >= 0.6 is 0 Å². The Bertz CT molecular complexity index is 438. The fourth-order valence-corrected chi connectivity index (χ4v) is 2.74. The van der Waals surface area contributed by atoms with Crippen LogP contribution in [0.5, 0.6) is 5.75 Å². The number of ether oxygens (including phenoxy) is 2. The van der Waals surface area contributed by atoms with Crippen LogP contribution in [-0.2, 0) is 10.2 Å². The second-order valence-corrected chi connectivity index (χ2v) is 5.33. The zero-order valence-electron chi connectivity index (χ0n) is 11.8. The van der Waals surface area contributed by atoms with Crippen LogP contribution in [0, 0.1) is 11.7 Å². The van der Waals surface area contributed by atoms with Gasteiger partial charge in [0.15, 0.2) is 0 Å². The maximum absolute atomic E-state index is 14.1. The molecule has 1 aliphatic carbocycles. The first-order valence-corrected chi connectivity index (χ1v) is 6.66. The van der Waals surface area contributed by atoms with Gasteiger partial charge in [0.2, 0.25) is 0 Å². The molecule has 1 fully saturated rings. The van der Waals surface area contributed by atoms with Gasteiger partial charge in [-0.15, -0.1) is 0 Å². The van der Waals surface area contributed by atoms with Gasteiger partial charge in [0.05, 0.1) is 13.7 Å². The van der Waals surface area contributed by atoms with Crippen LogP contribution in [0.1, 0.15) is 18.9 Å². The predicted molar refractivity (Wildman–Crippen MR) is 73.2 cm³/mol. The Labute approximate surface area is 114 Å². The van der Waals surface area contributed by atoms with Crippen LogP contribution < -0.4 is 10.1 Å². The first-order chi connectivity index (χ1) is 9.13. The molecule has 3 nitrogen and oxygen atoms in total. The van der Waals surface area contributed by atoms with Crippen molar-refractivity contribution in [2.75, 3.05) is 33.9 Å². The van der Waals surface area contributed by atoms with Gasteiger partial charge in [-0.3, -0.25) is 0 Å². The van der Waals surface area contributed by atoms with Gasteiger partial charge in [0.25, 0.3) is 0 Å². The van der Waals surface area contributed by atoms with E-state index < -0.39 is 0 Å². The van der Waals surface area contributed by atoms with Gasteiger partial charge in [-0.25, -0.2) is 4.39 Å². The predicted octanol–water partition coefficient (Wildman–Crippen LogP) is 2.35. The SMILES string of the molecule is COCCNCC1CC1(C)c1c(F)cccc1OC. The van der Waals surface area contributed by atoms with Crippen molar-refractivity contribution in [1.82, 2.24) is 5.32 Å². The van der Waals surface area contributed by atoms with Crippen LogP contribution in [0.15, 0.2) is 18.2 Å². The Hall–Kier alpha value is -1.13. The lowest BCUT2D eigenvalue weighted by molar-refractivity contribution is 0.199. The first-order valence-electron chi connectivity index (χ1n) is 6.66. The van der Waals surface area contributed by atoms with Crippen molar-refractivity contribution in [2.24, 2.45) is 5.92 Å². The summed E-state index contributed by atoms with van der Waals surface area (Å²) in [4.78, 5) is 0. The Morgan fingerprint density at radius 3 is 2.89 bits per heavy atom. The molecule has 1 N–H and O–H groups in total. The molecule has 1 saturated carbocycles. The van der Waals surface area contributed by atoms with Gasteiger partial charge in [-0.1, -0.05) is 13.0 Å². The van der Waals surface area contributed by atoms with E-state index in [9.17, 15) is 4.39 Å². The molecule has 2 rings (SSSR count). The van der Waals surface area contributed by atoms with E-state index in [0.29, 0.717) is 18.3 Å². The van der Waals surface area contributed by atoms with Crippen molar-refractivity contribution >= 4 is 0 Å². The summed E-state index contributed by atoms with van der Waals surface area (Å²) in [6.07, 6.45) is 0.990. The standard InChI is InChI=1S/C15H22FNO2/c1-15(9-11(15)10-17-7-8-18-2)14-12(16)5-4-6-13(14)19-3/h4-6,11,17H,7-10H2,1-3H3. The summed E-state index contributed by atoms with van der Waals surface area (Å²) in [6, 6.07) is 5.03. The number of methoxy groups -OCH3 is 2. The van der Waals surface area contributed by atoms with E-state index in [4.69, 9.17) is 9.47 Å². The highest BCUT2D eigenvalue weighted by atomic mass is 19.1. The quantitative estimate of drug-likeness (QED) is 0.769. The van der Waals surface area contributed by atoms with Crippen molar-refractivity contribution in [1.29, 1.82) is 0 Å². The highest BCUT2D eigenvalue weighted by Gasteiger charge is 2.53. The fraction of sp³-hybridized carbons (Fsp3) is 0.600. The van der Waals surface area contributed by atoms with E-state index in [1.165, 1.54) is 6.07 Å². The molecule has 106 valence electrons. The molecular weight excluding hydrogens is 245 g/mol. The van der Waals surface area contributed by atoms with Crippen LogP contribution in [0.3, 0.4) is 0 Å². The fourth-order valence-electron chi connectivity index (χ4n) is 2.74. The van der Waals surface area contributed by atoms with E-state index in [0.717, 1.165) is 25.1 Å². The molecular formula is C15H22FNO2. The zero-order chi connectivity index (χ0) is 13.9. The molecule has 0 amide bonds. The van der Waals surface area contributed by atoms with E-state index in [1.807, 2.05) is 6.07 Å². The molecule has 1 aromatic rings. The molecule has 19 heavy (non-hydrogen) atoms. The molecule has 4 heteroatoms. The zero-order valence-corrected chi connectivity index (χ0v) is 11.8. The van der Waals surface area contributed by atoms with Gasteiger partial charge >= 0.3 is 0 Å². The Kier molecular flexibility index (Phi) is 4.42. The van der Waals surface area contributed by atoms with E-state index in [1.54, 1.807) is 20.3 Å². The van der Waals surface area contributed by atoms with Crippen LogP contribution in [-0.4, -0.2) is 33.9 Å². The van der Waals surface area contributed by atoms with Crippen molar-refractivity contribution in [2.45, 2.75) is 18.8 Å². The maximum atomic E-state index is 14.1. The number of hydrogen-bond acceptors (Lipinski definition) is 3. The van der Waals surface area contributed by atoms with Crippen molar-refractivity contribution < 1.29 is 13.9 Å². The highest BCUT2D eigenvalue weighted by molar-refractivity contribution is 5.45. The molecule has 2 atom stereocenters. The summed E-state index contributed by atoms with van der Waals surface area (Å²) in [5.74, 6) is 0.943. The summed E-state index contributed by atoms with van der Waals surface area (Å²) in [6.45, 7) is 4.53. The maximum Gasteiger partial charge on any atom is 0.130 e. The van der Waals surface area contributed by atoms with Gasteiger partial charge < -0.3 is 14.8 Å². The van der Waals surface area contributed by atoms with Crippen molar-refractivity contribution in [3.8, 4) is 5.75 Å². The molecule has 0 spiro atoms. The van der Waals surface area contributed by atoms with E-state index in [-0.39, 0.29) is 11.2 Å². The van der Waals surface area contributed by atoms with Crippen molar-refractivity contribution in [3.63, 3.8) is 0 Å². The van der Waals surface area contributed by atoms with Crippen LogP contribution in [0.25, 0.3) is 0 Å². The minimum Gasteiger partial charge on any atom is -0.496 e. The summed E-state index contributed by atoms with van der Waals surface area (Å²) in [5.41, 5.74) is 0.604. The Balaban J connectivity index is 2.03. The summed E-state index contributed by atoms with van der Waals surface area (Å²) < 4.78 is 24.4. The minimum atomic E-state index is -0.166. The highest BCUT2D eigenvalue weighted by Crippen LogP contribution is 2.56. The molecule has 1 aromatic carbocycles. The first kappa shape index (κ1) is 14.3. The van der Waals surface area contributed by atoms with E-state index in [2.05, 4.69) is 12.2 Å². The van der Waals surface area contributed by atoms with Gasteiger partial charge in [-0.2, -0.15) is 0 Å². The molecule has 2 unspecified atom stereocenters. The second-order valence-electron chi connectivity index (χ2n) is 5.33. The average Bonchev–Trinajstić information content (AvgIpc) is 3.06. The minimum absolute atomic E-state index is 0.114. The Morgan fingerprint density at radius 2 is 2.21 bits per heavy atom. The van der Waals surface area contributed by atoms with Gasteiger partial charge in [-0.05, 0) is 31.0 Å². The number of benzene rings is 1.